The molecule has 3 N–H and O–H groups in total. The van der Waals surface area contributed by atoms with Gasteiger partial charge in [0.1, 0.15) is 5.00 Å². The van der Waals surface area contributed by atoms with Crippen LogP contribution in [-0.2, 0) is 23.0 Å². The molecule has 1 saturated carbocycles. The van der Waals surface area contributed by atoms with E-state index >= 15 is 0 Å². The lowest BCUT2D eigenvalue weighted by Crippen LogP contribution is -2.37. The van der Waals surface area contributed by atoms with Gasteiger partial charge in [-0.3, -0.25) is 9.59 Å². The molecule has 1 aliphatic carbocycles. The van der Waals surface area contributed by atoms with Crippen molar-refractivity contribution in [2.75, 3.05) is 25.5 Å². The van der Waals surface area contributed by atoms with E-state index in [4.69, 9.17) is 5.73 Å². The van der Waals surface area contributed by atoms with Gasteiger partial charge in [-0.05, 0) is 73.4 Å². The van der Waals surface area contributed by atoms with Crippen LogP contribution < -0.4 is 11.1 Å². The summed E-state index contributed by atoms with van der Waals surface area (Å²) in [6.07, 6.45) is 3.46. The zero-order valence-electron chi connectivity index (χ0n) is 21.3. The Labute approximate surface area is 216 Å². The number of rotatable bonds is 5. The Hall–Kier alpha value is -2.27. The molecule has 3 heterocycles. The number of likely N-dealkylation sites (N-methyl/N-ethyl adjacent to an activating group) is 1. The van der Waals surface area contributed by atoms with Crippen LogP contribution in [0.5, 0.6) is 0 Å². The van der Waals surface area contributed by atoms with E-state index in [0.29, 0.717) is 35.6 Å². The normalized spacial score (nSPS) is 25.9. The van der Waals surface area contributed by atoms with Crippen molar-refractivity contribution in [2.24, 2.45) is 16.6 Å². The SMILES string of the molecule is CN1CCc2c(sc(NC(=O)c3ccc(S(=O)(=O)N4C[C@]5(C)C[C@H]4CC(C)(C)C5)cc3)c2C(N)=O)C1. The van der Waals surface area contributed by atoms with Gasteiger partial charge in [-0.2, -0.15) is 4.31 Å². The molecule has 2 aromatic rings. The van der Waals surface area contributed by atoms with E-state index in [-0.39, 0.29) is 21.8 Å². The first-order valence-corrected chi connectivity index (χ1v) is 14.6. The number of thiophene rings is 1. The summed E-state index contributed by atoms with van der Waals surface area (Å²) >= 11 is 1.37. The Morgan fingerprint density at radius 3 is 2.50 bits per heavy atom. The summed E-state index contributed by atoms with van der Waals surface area (Å²) < 4.78 is 28.7. The summed E-state index contributed by atoms with van der Waals surface area (Å²) in [5, 5.41) is 3.29. The van der Waals surface area contributed by atoms with Crippen LogP contribution in [-0.4, -0.2) is 55.6 Å². The number of nitrogens with two attached hydrogens (primary N) is 1. The van der Waals surface area contributed by atoms with Crippen LogP contribution in [0.15, 0.2) is 29.2 Å². The van der Waals surface area contributed by atoms with Crippen molar-refractivity contribution in [3.8, 4) is 0 Å². The zero-order valence-corrected chi connectivity index (χ0v) is 22.9. The number of nitrogens with zero attached hydrogens (tertiary/aromatic N) is 2. The summed E-state index contributed by atoms with van der Waals surface area (Å²) in [5.41, 5.74) is 7.38. The average Bonchev–Trinajstić information content (AvgIpc) is 3.26. The molecular weight excluding hydrogens is 496 g/mol. The number of hydrogen-bond acceptors (Lipinski definition) is 6. The van der Waals surface area contributed by atoms with Crippen molar-refractivity contribution in [2.45, 2.75) is 63.9 Å². The van der Waals surface area contributed by atoms with Crippen LogP contribution in [0.2, 0.25) is 0 Å². The van der Waals surface area contributed by atoms with E-state index in [1.807, 2.05) is 7.05 Å². The smallest absolute Gasteiger partial charge is 0.256 e. The molecule has 194 valence electrons. The Kier molecular flexibility index (Phi) is 6.10. The third-order valence-corrected chi connectivity index (χ3v) is 10.9. The van der Waals surface area contributed by atoms with Gasteiger partial charge in [0.25, 0.3) is 11.8 Å². The monoisotopic (exact) mass is 530 g/mol. The first kappa shape index (κ1) is 25.4. The van der Waals surface area contributed by atoms with Crippen molar-refractivity contribution in [3.63, 3.8) is 0 Å². The summed E-state index contributed by atoms with van der Waals surface area (Å²) in [6.45, 7) is 8.67. The molecule has 2 fully saturated rings. The lowest BCUT2D eigenvalue weighted by atomic mass is 9.65. The number of carbonyl (C=O) groups excluding carboxylic acids is 2. The predicted molar refractivity (Wildman–Crippen MR) is 141 cm³/mol. The second-order valence-corrected chi connectivity index (χ2v) is 14.8. The van der Waals surface area contributed by atoms with E-state index < -0.39 is 21.8 Å². The summed E-state index contributed by atoms with van der Waals surface area (Å²) in [6, 6.07) is 6.07. The number of primary amides is 1. The van der Waals surface area contributed by atoms with E-state index in [1.54, 1.807) is 4.31 Å². The maximum Gasteiger partial charge on any atom is 0.256 e. The molecule has 0 spiro atoms. The van der Waals surface area contributed by atoms with Gasteiger partial charge in [-0.25, -0.2) is 8.42 Å². The van der Waals surface area contributed by atoms with Crippen molar-refractivity contribution < 1.29 is 18.0 Å². The first-order valence-electron chi connectivity index (χ1n) is 12.3. The molecule has 10 heteroatoms. The molecule has 2 bridgehead atoms. The highest BCUT2D eigenvalue weighted by molar-refractivity contribution is 7.89. The van der Waals surface area contributed by atoms with Gasteiger partial charge in [-0.1, -0.05) is 20.8 Å². The van der Waals surface area contributed by atoms with Crippen LogP contribution >= 0.6 is 11.3 Å². The highest BCUT2D eigenvalue weighted by Crippen LogP contribution is 2.53. The van der Waals surface area contributed by atoms with Crippen LogP contribution in [0.4, 0.5) is 5.00 Å². The van der Waals surface area contributed by atoms with Gasteiger partial charge >= 0.3 is 0 Å². The van der Waals surface area contributed by atoms with Gasteiger partial charge in [0.05, 0.1) is 10.5 Å². The molecule has 1 saturated heterocycles. The van der Waals surface area contributed by atoms with Gasteiger partial charge in [0, 0.05) is 36.1 Å². The molecular formula is C26H34N4O4S2. The van der Waals surface area contributed by atoms with Gasteiger partial charge in [0.2, 0.25) is 10.0 Å². The number of amides is 2. The Balaban J connectivity index is 1.35. The van der Waals surface area contributed by atoms with Crippen molar-refractivity contribution in [1.29, 1.82) is 0 Å². The van der Waals surface area contributed by atoms with Crippen LogP contribution in [0.1, 0.15) is 71.2 Å². The van der Waals surface area contributed by atoms with Crippen LogP contribution in [0.3, 0.4) is 0 Å². The highest BCUT2D eigenvalue weighted by atomic mass is 32.2. The number of carbonyl (C=O) groups is 2. The Morgan fingerprint density at radius 1 is 1.14 bits per heavy atom. The van der Waals surface area contributed by atoms with Crippen LogP contribution in [0.25, 0.3) is 0 Å². The molecule has 0 radical (unpaired) electrons. The average molecular weight is 531 g/mol. The number of nitrogens with one attached hydrogen (secondary N) is 1. The van der Waals surface area contributed by atoms with E-state index in [9.17, 15) is 18.0 Å². The maximum atomic E-state index is 13.5. The van der Waals surface area contributed by atoms with Gasteiger partial charge in [0.15, 0.2) is 0 Å². The molecule has 5 rings (SSSR count). The maximum absolute atomic E-state index is 13.5. The minimum absolute atomic E-state index is 0.00264. The fourth-order valence-electron chi connectivity index (χ4n) is 6.66. The minimum Gasteiger partial charge on any atom is -0.365 e. The molecule has 3 aliphatic rings. The fourth-order valence-corrected chi connectivity index (χ4v) is 9.76. The number of anilines is 1. The fraction of sp³-hybridized carbons (Fsp3) is 0.538. The zero-order chi connectivity index (χ0) is 26.0. The van der Waals surface area contributed by atoms with Gasteiger partial charge in [-0.15, -0.1) is 11.3 Å². The van der Waals surface area contributed by atoms with E-state index in [2.05, 4.69) is 31.0 Å². The molecule has 1 aromatic heterocycles. The third kappa shape index (κ3) is 4.49. The first-order chi connectivity index (χ1) is 16.8. The van der Waals surface area contributed by atoms with Gasteiger partial charge < -0.3 is 16.0 Å². The lowest BCUT2D eigenvalue weighted by molar-refractivity contribution is 0.1000. The highest BCUT2D eigenvalue weighted by Gasteiger charge is 2.53. The summed E-state index contributed by atoms with van der Waals surface area (Å²) in [5.74, 6) is -0.957. The van der Waals surface area contributed by atoms with Crippen LogP contribution in [0, 0.1) is 10.8 Å². The minimum atomic E-state index is -3.67. The van der Waals surface area contributed by atoms with Crippen molar-refractivity contribution in [3.05, 3.63) is 45.8 Å². The van der Waals surface area contributed by atoms with Crippen molar-refractivity contribution in [1.82, 2.24) is 9.21 Å². The number of benzene rings is 1. The second kappa shape index (κ2) is 8.65. The number of sulfonamides is 1. The molecule has 0 unspecified atom stereocenters. The number of fused-ring (bicyclic) bond motifs is 3. The summed E-state index contributed by atoms with van der Waals surface area (Å²) in [7, 11) is -1.66. The van der Waals surface area contributed by atoms with E-state index in [0.717, 1.165) is 36.2 Å². The Morgan fingerprint density at radius 2 is 1.83 bits per heavy atom. The molecule has 1 aromatic carbocycles. The van der Waals surface area contributed by atoms with Crippen molar-refractivity contribution >= 4 is 38.2 Å². The Bertz CT molecular complexity index is 1330. The number of hydrogen-bond donors (Lipinski definition) is 2. The topological polar surface area (TPSA) is 113 Å². The largest absolute Gasteiger partial charge is 0.365 e. The molecule has 2 amide bonds. The third-order valence-electron chi connectivity index (χ3n) is 7.81. The lowest BCUT2D eigenvalue weighted by Gasteiger charge is -2.39. The standard InChI is InChI=1S/C26H34N4O4S2/c1-25(2)11-17-12-26(3,14-25)15-30(17)36(33,34)18-7-5-16(6-8-18)23(32)28-24-21(22(27)31)19-9-10-29(4)13-20(19)35-24/h5-8,17H,9-15H2,1-4H3,(H2,27,31)(H,28,32)/t17-,26-/m1/s1. The summed E-state index contributed by atoms with van der Waals surface area (Å²) in [4.78, 5) is 28.6. The van der Waals surface area contributed by atoms with E-state index in [1.165, 1.54) is 35.6 Å². The molecule has 36 heavy (non-hydrogen) atoms. The molecule has 2 aliphatic heterocycles. The predicted octanol–water partition coefficient (Wildman–Crippen LogP) is 3.68. The molecule has 8 nitrogen and oxygen atoms in total. The molecule has 2 atom stereocenters. The quantitative estimate of drug-likeness (QED) is 0.612. The second-order valence-electron chi connectivity index (χ2n) is 11.8.